The van der Waals surface area contributed by atoms with Gasteiger partial charge in [-0.3, -0.25) is 0 Å². The van der Waals surface area contributed by atoms with E-state index in [9.17, 15) is 22.7 Å². The summed E-state index contributed by atoms with van der Waals surface area (Å²) in [5.41, 5.74) is 0.516. The number of halogens is 4. The molecule has 3 aromatic rings. The summed E-state index contributed by atoms with van der Waals surface area (Å²) < 4.78 is 68.6. The highest BCUT2D eigenvalue weighted by atomic mass is 19.4. The maximum Gasteiger partial charge on any atom is 0.408 e. The quantitative estimate of drug-likeness (QED) is 0.406. The Kier molecular flexibility index (Phi) is 7.87. The lowest BCUT2D eigenvalue weighted by Gasteiger charge is -2.32. The van der Waals surface area contributed by atoms with Crippen molar-refractivity contribution in [2.75, 3.05) is 29.9 Å². The van der Waals surface area contributed by atoms with Crippen molar-refractivity contribution in [3.8, 4) is 0 Å². The molecule has 212 valence electrons. The lowest BCUT2D eigenvalue weighted by atomic mass is 10.1. The third-order valence-electron chi connectivity index (χ3n) is 7.01. The van der Waals surface area contributed by atoms with Gasteiger partial charge in [0.1, 0.15) is 41.3 Å². The fourth-order valence-electron chi connectivity index (χ4n) is 4.81. The molecule has 0 amide bonds. The molecule has 0 aliphatic carbocycles. The van der Waals surface area contributed by atoms with E-state index >= 15 is 0 Å². The first kappa shape index (κ1) is 27.5. The third kappa shape index (κ3) is 6.07. The van der Waals surface area contributed by atoms with Crippen molar-refractivity contribution in [3.63, 3.8) is 0 Å². The predicted octanol–water partition coefficient (Wildman–Crippen LogP) is 4.60. The van der Waals surface area contributed by atoms with Crippen LogP contribution in [0.3, 0.4) is 0 Å². The zero-order valence-corrected chi connectivity index (χ0v) is 21.6. The Balaban J connectivity index is 1.43. The van der Waals surface area contributed by atoms with E-state index in [0.29, 0.717) is 25.4 Å². The Labute approximate surface area is 222 Å². The first-order chi connectivity index (χ1) is 18.6. The molecule has 0 radical (unpaired) electrons. The fourth-order valence-corrected chi connectivity index (χ4v) is 4.81. The first-order valence-electron chi connectivity index (χ1n) is 13.0. The second-order valence-electron chi connectivity index (χ2n) is 9.88. The molecule has 5 atom stereocenters. The van der Waals surface area contributed by atoms with Crippen LogP contribution in [0.25, 0.3) is 11.0 Å². The monoisotopic (exact) mass is 553 g/mol. The van der Waals surface area contributed by atoms with Crippen LogP contribution in [0.15, 0.2) is 24.5 Å². The molecule has 2 N–H and O–H groups in total. The zero-order valence-electron chi connectivity index (χ0n) is 21.6. The van der Waals surface area contributed by atoms with Gasteiger partial charge < -0.3 is 29.4 Å². The number of anilines is 3. The van der Waals surface area contributed by atoms with Gasteiger partial charge in [-0.25, -0.2) is 19.3 Å². The van der Waals surface area contributed by atoms with Crippen molar-refractivity contribution in [2.24, 2.45) is 0 Å². The van der Waals surface area contributed by atoms with Crippen LogP contribution in [0.4, 0.5) is 35.1 Å². The molecule has 0 aromatic carbocycles. The van der Waals surface area contributed by atoms with Crippen molar-refractivity contribution >= 4 is 28.6 Å². The number of nitrogens with one attached hydrogen (secondary N) is 1. The molecule has 10 nitrogen and oxygen atoms in total. The van der Waals surface area contributed by atoms with Crippen LogP contribution in [0, 0.1) is 0 Å². The summed E-state index contributed by atoms with van der Waals surface area (Å²) in [4.78, 5) is 19.0. The molecule has 2 fully saturated rings. The van der Waals surface area contributed by atoms with Gasteiger partial charge >= 0.3 is 6.18 Å². The Bertz CT molecular complexity index is 1280. The van der Waals surface area contributed by atoms with Gasteiger partial charge in [-0.15, -0.1) is 0 Å². The van der Waals surface area contributed by atoms with E-state index in [0.717, 1.165) is 24.3 Å². The van der Waals surface area contributed by atoms with Crippen molar-refractivity contribution < 1.29 is 32.1 Å². The number of pyridine rings is 1. The second kappa shape index (κ2) is 11.2. The number of aliphatic hydroxyl groups excluding tert-OH is 1. The highest BCUT2D eigenvalue weighted by molar-refractivity contribution is 5.79. The maximum absolute atomic E-state index is 14.0. The highest BCUT2D eigenvalue weighted by Gasteiger charge is 2.40. The van der Waals surface area contributed by atoms with E-state index in [1.807, 2.05) is 0 Å². The van der Waals surface area contributed by atoms with Gasteiger partial charge in [-0.2, -0.15) is 18.2 Å². The highest BCUT2D eigenvalue weighted by Crippen LogP contribution is 2.37. The summed E-state index contributed by atoms with van der Waals surface area (Å²) in [5.74, 6) is 0.968. The number of alkyl halides is 4. The largest absolute Gasteiger partial charge is 0.408 e. The van der Waals surface area contributed by atoms with Crippen molar-refractivity contribution in [2.45, 2.75) is 76.4 Å². The summed E-state index contributed by atoms with van der Waals surface area (Å²) in [6.07, 6.45) is -2.57. The number of fused-ring (bicyclic) bond motifs is 1. The summed E-state index contributed by atoms with van der Waals surface area (Å²) in [6.45, 7) is 3.63. The minimum atomic E-state index is -4.53. The molecule has 14 heteroatoms. The van der Waals surface area contributed by atoms with Gasteiger partial charge in [0, 0.05) is 25.4 Å². The van der Waals surface area contributed by atoms with Crippen LogP contribution >= 0.6 is 0 Å². The molecular weight excluding hydrogens is 522 g/mol. The molecule has 5 heterocycles. The SMILES string of the molecule is CC(O[C@@H]1CCCCO1)c1nc2cnc(Nc3ccnc(N4CC[C@H](O)[C@H](F)C4)n3)cc2n1[C@@H](C)C(F)(F)F. The van der Waals surface area contributed by atoms with E-state index < -0.39 is 36.9 Å². The number of rotatable bonds is 7. The van der Waals surface area contributed by atoms with Gasteiger partial charge in [0.25, 0.3) is 0 Å². The standard InChI is InChI=1S/C25H31F4N7O3/c1-14(39-22-5-3-4-10-38-22)23-32-17-12-31-21(11-18(17)36(23)15(2)25(27,28)29)33-20-6-8-30-24(34-20)35-9-7-19(37)16(26)13-35/h6,8,11-12,14-16,19,22,37H,3-5,7,9-10,13H2,1-2H3,(H,30,31,33,34)/t14?,15-,16+,19-,22+/m0/s1. The third-order valence-corrected chi connectivity index (χ3v) is 7.01. The van der Waals surface area contributed by atoms with Crippen molar-refractivity contribution in [1.82, 2.24) is 24.5 Å². The molecule has 2 aliphatic rings. The summed E-state index contributed by atoms with van der Waals surface area (Å²) in [5, 5.41) is 12.7. The molecule has 0 saturated carbocycles. The van der Waals surface area contributed by atoms with Crippen LogP contribution < -0.4 is 10.2 Å². The molecule has 3 aromatic heterocycles. The molecule has 5 rings (SSSR count). The lowest BCUT2D eigenvalue weighted by Crippen LogP contribution is -2.45. The van der Waals surface area contributed by atoms with E-state index in [1.54, 1.807) is 17.9 Å². The van der Waals surface area contributed by atoms with E-state index in [4.69, 9.17) is 9.47 Å². The number of nitrogens with zero attached hydrogens (tertiary/aromatic N) is 6. The normalized spacial score (nSPS) is 24.1. The van der Waals surface area contributed by atoms with Crippen molar-refractivity contribution in [1.29, 1.82) is 0 Å². The number of hydrogen-bond donors (Lipinski definition) is 2. The number of imidazole rings is 1. The van der Waals surface area contributed by atoms with Crippen LogP contribution in [0.1, 0.15) is 57.5 Å². The van der Waals surface area contributed by atoms with Gasteiger partial charge in [-0.05, 0) is 45.6 Å². The average molecular weight is 554 g/mol. The van der Waals surface area contributed by atoms with E-state index in [2.05, 4.69) is 25.3 Å². The molecule has 0 spiro atoms. The second-order valence-corrected chi connectivity index (χ2v) is 9.88. The number of hydrogen-bond acceptors (Lipinski definition) is 9. The van der Waals surface area contributed by atoms with Crippen LogP contribution in [-0.2, 0) is 9.47 Å². The first-order valence-corrected chi connectivity index (χ1v) is 13.0. The number of ether oxygens (including phenoxy) is 2. The number of piperidine rings is 1. The Morgan fingerprint density at radius 1 is 1.15 bits per heavy atom. The Morgan fingerprint density at radius 2 is 1.97 bits per heavy atom. The average Bonchev–Trinajstić information content (AvgIpc) is 3.29. The summed E-state index contributed by atoms with van der Waals surface area (Å²) >= 11 is 0. The molecular formula is C25H31F4N7O3. The van der Waals surface area contributed by atoms with Gasteiger partial charge in [0.15, 0.2) is 6.29 Å². The summed E-state index contributed by atoms with van der Waals surface area (Å²) in [6, 6.07) is 1.18. The predicted molar refractivity (Wildman–Crippen MR) is 134 cm³/mol. The number of aliphatic hydroxyl groups is 1. The molecule has 1 unspecified atom stereocenters. The van der Waals surface area contributed by atoms with Crippen molar-refractivity contribution in [3.05, 3.63) is 30.4 Å². The van der Waals surface area contributed by atoms with E-state index in [1.165, 1.54) is 18.5 Å². The van der Waals surface area contributed by atoms with Gasteiger partial charge in [0.05, 0.1) is 24.4 Å². The van der Waals surface area contributed by atoms with Crippen LogP contribution in [0.5, 0.6) is 0 Å². The Hall–Kier alpha value is -3.10. The number of aromatic nitrogens is 5. The van der Waals surface area contributed by atoms with Crippen LogP contribution in [0.2, 0.25) is 0 Å². The summed E-state index contributed by atoms with van der Waals surface area (Å²) in [7, 11) is 0. The molecule has 2 saturated heterocycles. The van der Waals surface area contributed by atoms with Gasteiger partial charge in [-0.1, -0.05) is 0 Å². The fraction of sp³-hybridized carbons (Fsp3) is 0.600. The lowest BCUT2D eigenvalue weighted by molar-refractivity contribution is -0.190. The topological polar surface area (TPSA) is 110 Å². The maximum atomic E-state index is 14.0. The minimum Gasteiger partial charge on any atom is -0.390 e. The molecule has 0 bridgehead atoms. The van der Waals surface area contributed by atoms with Crippen LogP contribution in [-0.4, -0.2) is 74.0 Å². The smallest absolute Gasteiger partial charge is 0.390 e. The Morgan fingerprint density at radius 3 is 2.69 bits per heavy atom. The minimum absolute atomic E-state index is 0.0434. The zero-order chi connectivity index (χ0) is 27.7. The molecule has 39 heavy (non-hydrogen) atoms. The van der Waals surface area contributed by atoms with Gasteiger partial charge in [0.2, 0.25) is 5.95 Å². The molecule has 2 aliphatic heterocycles. The van der Waals surface area contributed by atoms with E-state index in [-0.39, 0.29) is 41.6 Å².